The van der Waals surface area contributed by atoms with Crippen LogP contribution in [0.4, 0.5) is 18.9 Å². The molecular formula is C16H14F3NO. The second-order valence-corrected chi connectivity index (χ2v) is 5.16. The Kier molecular flexibility index (Phi) is 3.27. The number of ether oxygens (including phenoxy) is 1. The van der Waals surface area contributed by atoms with Crippen molar-refractivity contribution in [3.63, 3.8) is 0 Å². The number of benzene rings is 2. The van der Waals surface area contributed by atoms with Crippen molar-refractivity contribution in [3.8, 4) is 5.75 Å². The summed E-state index contributed by atoms with van der Waals surface area (Å²) in [6.07, 6.45) is -3.63. The van der Waals surface area contributed by atoms with Gasteiger partial charge in [-0.25, -0.2) is 0 Å². The fourth-order valence-electron chi connectivity index (χ4n) is 2.60. The molecule has 1 unspecified atom stereocenters. The van der Waals surface area contributed by atoms with Crippen molar-refractivity contribution in [2.24, 2.45) is 0 Å². The number of fused-ring (bicyclic) bond motifs is 1. The van der Waals surface area contributed by atoms with Gasteiger partial charge >= 0.3 is 6.18 Å². The van der Waals surface area contributed by atoms with Crippen LogP contribution in [0.25, 0.3) is 0 Å². The summed E-state index contributed by atoms with van der Waals surface area (Å²) in [5.41, 5.74) is 7.06. The lowest BCUT2D eigenvalue weighted by molar-refractivity contribution is -0.138. The van der Waals surface area contributed by atoms with E-state index in [2.05, 4.69) is 0 Å². The van der Waals surface area contributed by atoms with Gasteiger partial charge in [0.25, 0.3) is 0 Å². The summed E-state index contributed by atoms with van der Waals surface area (Å²) in [6, 6.07) is 11.5. The van der Waals surface area contributed by atoms with E-state index in [1.54, 1.807) is 0 Å². The molecule has 0 aromatic heterocycles. The van der Waals surface area contributed by atoms with Crippen molar-refractivity contribution in [2.75, 3.05) is 12.3 Å². The number of alkyl halides is 3. The van der Waals surface area contributed by atoms with Crippen LogP contribution >= 0.6 is 0 Å². The Morgan fingerprint density at radius 2 is 1.90 bits per heavy atom. The predicted octanol–water partition coefficient (Wildman–Crippen LogP) is 4.01. The zero-order valence-electron chi connectivity index (χ0n) is 11.2. The number of nitrogens with two attached hydrogens (primary N) is 1. The highest BCUT2D eigenvalue weighted by Gasteiger charge is 2.35. The molecule has 5 heteroatoms. The van der Waals surface area contributed by atoms with Gasteiger partial charge in [0, 0.05) is 11.6 Å². The molecule has 1 atom stereocenters. The lowest BCUT2D eigenvalue weighted by Gasteiger charge is -2.30. The summed E-state index contributed by atoms with van der Waals surface area (Å²) < 4.78 is 44.3. The maximum absolute atomic E-state index is 13.0. The van der Waals surface area contributed by atoms with Gasteiger partial charge in [-0.15, -0.1) is 0 Å². The van der Waals surface area contributed by atoms with E-state index in [0.717, 1.165) is 18.1 Å². The Balaban J connectivity index is 1.75. The summed E-state index contributed by atoms with van der Waals surface area (Å²) in [7, 11) is 0. The van der Waals surface area contributed by atoms with Gasteiger partial charge in [-0.1, -0.05) is 24.3 Å². The standard InChI is InChI=1S/C16H14F3NO/c17-16(18,19)14-8-12(20)5-6-15(14)21-9-11-7-10-3-1-2-4-13(10)11/h1-6,8,11H,7,9,20H2. The first-order valence-corrected chi connectivity index (χ1v) is 6.62. The number of hydrogen-bond donors (Lipinski definition) is 1. The normalized spacial score (nSPS) is 17.0. The Bertz CT molecular complexity index is 667. The lowest BCUT2D eigenvalue weighted by atomic mass is 9.78. The maximum atomic E-state index is 13.0. The van der Waals surface area contributed by atoms with E-state index in [9.17, 15) is 13.2 Å². The van der Waals surface area contributed by atoms with Gasteiger partial charge in [-0.05, 0) is 35.7 Å². The topological polar surface area (TPSA) is 35.2 Å². The molecule has 0 spiro atoms. The number of hydrogen-bond acceptors (Lipinski definition) is 2. The fourth-order valence-corrected chi connectivity index (χ4v) is 2.60. The van der Waals surface area contributed by atoms with Crippen LogP contribution < -0.4 is 10.5 Å². The van der Waals surface area contributed by atoms with Crippen LogP contribution in [-0.2, 0) is 12.6 Å². The zero-order chi connectivity index (χ0) is 15.0. The van der Waals surface area contributed by atoms with Gasteiger partial charge in [0.2, 0.25) is 0 Å². The second kappa shape index (κ2) is 4.98. The first-order valence-electron chi connectivity index (χ1n) is 6.62. The minimum absolute atomic E-state index is 0.0728. The van der Waals surface area contributed by atoms with Crippen molar-refractivity contribution in [1.29, 1.82) is 0 Å². The smallest absolute Gasteiger partial charge is 0.420 e. The molecule has 0 fully saturated rings. The van der Waals surface area contributed by atoms with Crippen molar-refractivity contribution in [1.82, 2.24) is 0 Å². The average Bonchev–Trinajstić information content (AvgIpc) is 2.40. The third-order valence-electron chi connectivity index (χ3n) is 3.71. The Labute approximate surface area is 120 Å². The van der Waals surface area contributed by atoms with Crippen molar-refractivity contribution in [2.45, 2.75) is 18.5 Å². The van der Waals surface area contributed by atoms with Crippen LogP contribution in [0.2, 0.25) is 0 Å². The monoisotopic (exact) mass is 293 g/mol. The molecule has 110 valence electrons. The summed E-state index contributed by atoms with van der Waals surface area (Å²) in [5.74, 6) is -0.0130. The van der Waals surface area contributed by atoms with Gasteiger partial charge in [-0.2, -0.15) is 13.2 Å². The molecule has 0 heterocycles. The molecule has 2 aromatic rings. The van der Waals surface area contributed by atoms with Gasteiger partial charge < -0.3 is 10.5 Å². The molecule has 0 saturated carbocycles. The Morgan fingerprint density at radius 3 is 2.62 bits per heavy atom. The van der Waals surface area contributed by atoms with Crippen LogP contribution in [-0.4, -0.2) is 6.61 Å². The van der Waals surface area contributed by atoms with E-state index >= 15 is 0 Å². The van der Waals surface area contributed by atoms with E-state index < -0.39 is 11.7 Å². The van der Waals surface area contributed by atoms with E-state index in [0.29, 0.717) is 0 Å². The molecule has 21 heavy (non-hydrogen) atoms. The number of halogens is 3. The average molecular weight is 293 g/mol. The Hall–Kier alpha value is -2.17. The highest BCUT2D eigenvalue weighted by atomic mass is 19.4. The second-order valence-electron chi connectivity index (χ2n) is 5.16. The van der Waals surface area contributed by atoms with Crippen molar-refractivity contribution >= 4 is 5.69 Å². The number of anilines is 1. The van der Waals surface area contributed by atoms with E-state index in [-0.39, 0.29) is 24.0 Å². The van der Waals surface area contributed by atoms with Gasteiger partial charge in [0.05, 0.1) is 12.2 Å². The molecule has 2 nitrogen and oxygen atoms in total. The lowest BCUT2D eigenvalue weighted by Crippen LogP contribution is -2.23. The number of nitrogen functional groups attached to an aromatic ring is 1. The van der Waals surface area contributed by atoms with Gasteiger partial charge in [0.15, 0.2) is 0 Å². The molecule has 1 aliphatic carbocycles. The highest BCUT2D eigenvalue weighted by Crippen LogP contribution is 2.39. The van der Waals surface area contributed by atoms with Crippen molar-refractivity contribution < 1.29 is 17.9 Å². The SMILES string of the molecule is Nc1ccc(OCC2Cc3ccccc32)c(C(F)(F)F)c1. The highest BCUT2D eigenvalue weighted by molar-refractivity contribution is 5.49. The van der Waals surface area contributed by atoms with Crippen LogP contribution in [0.1, 0.15) is 22.6 Å². The zero-order valence-corrected chi connectivity index (χ0v) is 11.2. The maximum Gasteiger partial charge on any atom is 0.420 e. The van der Waals surface area contributed by atoms with Crippen LogP contribution in [0.3, 0.4) is 0 Å². The van der Waals surface area contributed by atoms with E-state index in [1.165, 1.54) is 17.7 Å². The Morgan fingerprint density at radius 1 is 1.14 bits per heavy atom. The first-order chi connectivity index (χ1) is 9.95. The summed E-state index contributed by atoms with van der Waals surface area (Å²) in [5, 5.41) is 0. The third-order valence-corrected chi connectivity index (χ3v) is 3.71. The molecule has 2 aromatic carbocycles. The molecule has 0 saturated heterocycles. The van der Waals surface area contributed by atoms with E-state index in [1.807, 2.05) is 24.3 Å². The van der Waals surface area contributed by atoms with Crippen LogP contribution in [0.15, 0.2) is 42.5 Å². The third kappa shape index (κ3) is 2.68. The molecule has 0 bridgehead atoms. The number of rotatable bonds is 3. The molecule has 3 rings (SSSR count). The molecule has 0 aliphatic heterocycles. The summed E-state index contributed by atoms with van der Waals surface area (Å²) in [4.78, 5) is 0. The quantitative estimate of drug-likeness (QED) is 0.868. The summed E-state index contributed by atoms with van der Waals surface area (Å²) in [6.45, 7) is 0.240. The van der Waals surface area contributed by atoms with E-state index in [4.69, 9.17) is 10.5 Å². The fraction of sp³-hybridized carbons (Fsp3) is 0.250. The summed E-state index contributed by atoms with van der Waals surface area (Å²) >= 11 is 0. The molecule has 0 radical (unpaired) electrons. The minimum atomic E-state index is -4.47. The van der Waals surface area contributed by atoms with Crippen LogP contribution in [0.5, 0.6) is 5.75 Å². The van der Waals surface area contributed by atoms with Gasteiger partial charge in [0.1, 0.15) is 5.75 Å². The molecule has 0 amide bonds. The molecule has 1 aliphatic rings. The molecule has 2 N–H and O–H groups in total. The minimum Gasteiger partial charge on any atom is -0.492 e. The largest absolute Gasteiger partial charge is 0.492 e. The molecular weight excluding hydrogens is 279 g/mol. The van der Waals surface area contributed by atoms with Crippen LogP contribution in [0, 0.1) is 0 Å². The van der Waals surface area contributed by atoms with Crippen molar-refractivity contribution in [3.05, 3.63) is 59.2 Å². The predicted molar refractivity (Wildman–Crippen MR) is 74.2 cm³/mol. The van der Waals surface area contributed by atoms with Gasteiger partial charge in [-0.3, -0.25) is 0 Å². The first kappa shape index (κ1) is 13.8.